The molecule has 328 valence electrons. The average molecular weight is 830 g/mol. The zero-order chi connectivity index (χ0) is 43.6. The monoisotopic (exact) mass is 830 g/mol. The Labute approximate surface area is 355 Å². The van der Waals surface area contributed by atoms with Crippen molar-refractivity contribution in [3.63, 3.8) is 0 Å². The molecule has 0 spiro atoms. The van der Waals surface area contributed by atoms with Crippen LogP contribution in [0, 0.1) is 6.92 Å². The van der Waals surface area contributed by atoms with Crippen LogP contribution in [0.5, 0.6) is 11.5 Å². The predicted molar refractivity (Wildman–Crippen MR) is 235 cm³/mol. The highest BCUT2D eigenvalue weighted by Gasteiger charge is 2.32. The fraction of sp³-hybridized carbons (Fsp3) is 0.522. The van der Waals surface area contributed by atoms with Crippen molar-refractivity contribution < 1.29 is 33.8 Å². The summed E-state index contributed by atoms with van der Waals surface area (Å²) in [5, 5.41) is 19.1. The molecule has 10 N–H and O–H groups in total. The number of nitrogens with one attached hydrogen (secondary N) is 3. The summed E-state index contributed by atoms with van der Waals surface area (Å²) in [5.74, 6) is -1.39. The molecule has 60 heavy (non-hydrogen) atoms. The Balaban J connectivity index is 1.72. The zero-order valence-electron chi connectivity index (χ0n) is 35.9. The zero-order valence-corrected chi connectivity index (χ0v) is 35.9. The number of ether oxygens (including phenoxy) is 2. The number of nitrogens with zero attached hydrogens (tertiary/aromatic N) is 1. The standard InChI is InChI=1S/C46H67N7O7/c1-5-6-7-8-9-10-12-32-14-17-35(30(2)25-32)44(55)51-38(13-11-20-47)45(56)53(4)40-29-50-31(3)43(54)52-39(46(57)58)27-33-15-18-41(59-23-21-48)36(26-33)37-28-34(40)16-19-42(37)60-24-22-49/h14-19,25-26,28,31,38-40,50H,5-13,20-24,27,29,47-49H2,1-4H3,(H,51,55)(H,52,54)(H,57,58). The smallest absolute Gasteiger partial charge is 0.326 e. The van der Waals surface area contributed by atoms with Gasteiger partial charge in [-0.05, 0) is 98.7 Å². The van der Waals surface area contributed by atoms with Gasteiger partial charge in [0.25, 0.3) is 5.91 Å². The molecule has 4 rings (SSSR count). The van der Waals surface area contributed by atoms with E-state index in [1.807, 2.05) is 37.3 Å². The van der Waals surface area contributed by atoms with Gasteiger partial charge in [0.15, 0.2) is 0 Å². The summed E-state index contributed by atoms with van der Waals surface area (Å²) < 4.78 is 12.2. The van der Waals surface area contributed by atoms with Crippen molar-refractivity contribution in [2.24, 2.45) is 17.2 Å². The first-order chi connectivity index (χ1) is 28.9. The highest BCUT2D eigenvalue weighted by atomic mass is 16.5. The Kier molecular flexibility index (Phi) is 19.3. The van der Waals surface area contributed by atoms with Crippen molar-refractivity contribution in [1.82, 2.24) is 20.9 Å². The number of rotatable bonds is 21. The van der Waals surface area contributed by atoms with E-state index in [9.17, 15) is 24.3 Å². The lowest BCUT2D eigenvalue weighted by Crippen LogP contribution is -2.53. The van der Waals surface area contributed by atoms with E-state index in [0.717, 1.165) is 18.4 Å². The molecule has 4 atom stereocenters. The highest BCUT2D eigenvalue weighted by molar-refractivity contribution is 5.98. The molecule has 3 aromatic rings. The van der Waals surface area contributed by atoms with E-state index in [2.05, 4.69) is 28.9 Å². The summed E-state index contributed by atoms with van der Waals surface area (Å²) in [5.41, 5.74) is 22.7. The minimum absolute atomic E-state index is 0.00921. The van der Waals surface area contributed by atoms with Crippen molar-refractivity contribution in [3.8, 4) is 22.6 Å². The second kappa shape index (κ2) is 24.3. The predicted octanol–water partition coefficient (Wildman–Crippen LogP) is 4.38. The van der Waals surface area contributed by atoms with Crippen molar-refractivity contribution in [1.29, 1.82) is 0 Å². The Hall–Kier alpha value is -5.02. The number of aliphatic carboxylic acids is 1. The first kappa shape index (κ1) is 47.7. The summed E-state index contributed by atoms with van der Waals surface area (Å²) in [6.45, 7) is 7.16. The van der Waals surface area contributed by atoms with Crippen LogP contribution >= 0.6 is 0 Å². The van der Waals surface area contributed by atoms with Crippen LogP contribution in [0.25, 0.3) is 11.1 Å². The van der Waals surface area contributed by atoms with E-state index in [0.29, 0.717) is 58.7 Å². The summed E-state index contributed by atoms with van der Waals surface area (Å²) in [6, 6.07) is 13.2. The van der Waals surface area contributed by atoms with Gasteiger partial charge in [0.2, 0.25) is 11.8 Å². The van der Waals surface area contributed by atoms with Crippen LogP contribution < -0.4 is 42.6 Å². The molecule has 0 radical (unpaired) electrons. The maximum atomic E-state index is 14.7. The van der Waals surface area contributed by atoms with Crippen LogP contribution in [-0.2, 0) is 27.2 Å². The van der Waals surface area contributed by atoms with Crippen LogP contribution in [0.2, 0.25) is 0 Å². The van der Waals surface area contributed by atoms with Gasteiger partial charge in [0, 0.05) is 49.8 Å². The summed E-state index contributed by atoms with van der Waals surface area (Å²) >= 11 is 0. The second-order valence-electron chi connectivity index (χ2n) is 15.7. The Bertz CT molecular complexity index is 1890. The van der Waals surface area contributed by atoms with Crippen LogP contribution in [-0.4, -0.2) is 98.3 Å². The normalized spacial score (nSPS) is 17.2. The number of unbranched alkanes of at least 4 members (excludes halogenated alkanes) is 5. The lowest BCUT2D eigenvalue weighted by molar-refractivity contribution is -0.142. The molecule has 14 nitrogen and oxygen atoms in total. The molecule has 0 aromatic heterocycles. The Morgan fingerprint density at radius 2 is 1.55 bits per heavy atom. The SMILES string of the molecule is CCCCCCCCc1ccc(C(=O)NC(CCCN)C(=O)N(C)C2CNC(C)C(=O)NC(C(=O)O)Cc3ccc(OCCN)c(c3)-c3cc2ccc3OCCN)c(C)c1. The second-order valence-corrected chi connectivity index (χ2v) is 15.7. The number of likely N-dealkylation sites (N-methyl/N-ethyl adjacent to an activating group) is 1. The van der Waals surface area contributed by atoms with Gasteiger partial charge in [-0.25, -0.2) is 4.79 Å². The van der Waals surface area contributed by atoms with E-state index < -0.39 is 36.0 Å². The third-order valence-corrected chi connectivity index (χ3v) is 11.0. The Morgan fingerprint density at radius 3 is 2.20 bits per heavy atom. The first-order valence-corrected chi connectivity index (χ1v) is 21.5. The van der Waals surface area contributed by atoms with Gasteiger partial charge in [0.1, 0.15) is 36.8 Å². The molecule has 0 aliphatic carbocycles. The fourth-order valence-electron chi connectivity index (χ4n) is 7.52. The number of fused-ring (bicyclic) bond motifs is 5. The number of hydrogen-bond acceptors (Lipinski definition) is 10. The van der Waals surface area contributed by atoms with E-state index in [1.165, 1.54) is 37.7 Å². The fourth-order valence-corrected chi connectivity index (χ4v) is 7.52. The van der Waals surface area contributed by atoms with E-state index in [1.54, 1.807) is 37.1 Å². The maximum Gasteiger partial charge on any atom is 0.326 e. The van der Waals surface area contributed by atoms with Crippen LogP contribution in [0.4, 0.5) is 0 Å². The molecular formula is C46H67N7O7. The molecule has 0 fully saturated rings. The number of carbonyl (C=O) groups is 4. The molecule has 4 unspecified atom stereocenters. The minimum atomic E-state index is -1.22. The van der Waals surface area contributed by atoms with E-state index in [-0.39, 0.29) is 51.1 Å². The summed E-state index contributed by atoms with van der Waals surface area (Å²) in [4.78, 5) is 55.9. The molecule has 0 saturated carbocycles. The van der Waals surface area contributed by atoms with Gasteiger partial charge in [-0.3, -0.25) is 14.4 Å². The quantitative estimate of drug-likeness (QED) is 0.0747. The van der Waals surface area contributed by atoms with Crippen molar-refractivity contribution >= 4 is 23.7 Å². The Morgan fingerprint density at radius 1 is 0.883 bits per heavy atom. The average Bonchev–Trinajstić information content (AvgIpc) is 3.24. The first-order valence-electron chi connectivity index (χ1n) is 21.5. The lowest BCUT2D eigenvalue weighted by atomic mass is 9.93. The molecule has 1 aliphatic heterocycles. The van der Waals surface area contributed by atoms with Crippen molar-refractivity contribution in [2.45, 2.75) is 109 Å². The van der Waals surface area contributed by atoms with Gasteiger partial charge in [0.05, 0.1) is 12.1 Å². The van der Waals surface area contributed by atoms with Gasteiger partial charge in [-0.1, -0.05) is 63.3 Å². The number of carboxylic acid groups (broad SMARTS) is 1. The van der Waals surface area contributed by atoms with Crippen LogP contribution in [0.15, 0.2) is 54.6 Å². The summed E-state index contributed by atoms with van der Waals surface area (Å²) in [7, 11) is 1.67. The number of hydrogen-bond donors (Lipinski definition) is 7. The van der Waals surface area contributed by atoms with Crippen LogP contribution in [0.1, 0.15) is 104 Å². The minimum Gasteiger partial charge on any atom is -0.492 e. The number of amides is 3. The highest BCUT2D eigenvalue weighted by Crippen LogP contribution is 2.40. The van der Waals surface area contributed by atoms with Gasteiger partial charge < -0.3 is 52.6 Å². The van der Waals surface area contributed by atoms with E-state index >= 15 is 0 Å². The number of benzene rings is 3. The molecule has 3 aromatic carbocycles. The number of nitrogens with two attached hydrogens (primary N) is 3. The number of carboxylic acids is 1. The molecule has 14 heteroatoms. The lowest BCUT2D eigenvalue weighted by Gasteiger charge is -2.34. The topological polar surface area (TPSA) is 224 Å². The molecule has 4 bridgehead atoms. The maximum absolute atomic E-state index is 14.7. The molecule has 0 saturated heterocycles. The summed E-state index contributed by atoms with van der Waals surface area (Å²) in [6.07, 6.45) is 9.00. The molecule has 1 heterocycles. The van der Waals surface area contributed by atoms with Gasteiger partial charge >= 0.3 is 5.97 Å². The van der Waals surface area contributed by atoms with E-state index in [4.69, 9.17) is 26.7 Å². The van der Waals surface area contributed by atoms with Gasteiger partial charge in [-0.15, -0.1) is 0 Å². The third-order valence-electron chi connectivity index (χ3n) is 11.0. The molecule has 3 amide bonds. The number of carbonyl (C=O) groups excluding carboxylic acids is 3. The molecule has 1 aliphatic rings. The third kappa shape index (κ3) is 13.5. The molecular weight excluding hydrogens is 763 g/mol. The van der Waals surface area contributed by atoms with Crippen LogP contribution in [0.3, 0.4) is 0 Å². The number of aryl methyl sites for hydroxylation is 2. The largest absolute Gasteiger partial charge is 0.492 e. The van der Waals surface area contributed by atoms with Crippen molar-refractivity contribution in [2.75, 3.05) is 46.4 Å². The van der Waals surface area contributed by atoms with Crippen molar-refractivity contribution in [3.05, 3.63) is 82.4 Å². The van der Waals surface area contributed by atoms with Gasteiger partial charge in [-0.2, -0.15) is 0 Å².